The Bertz CT molecular complexity index is 345. The van der Waals surface area contributed by atoms with Gasteiger partial charge >= 0.3 is 0 Å². The molecule has 2 rings (SSSR count). The molecule has 0 saturated carbocycles. The highest BCUT2D eigenvalue weighted by Crippen LogP contribution is 2.22. The molecular weight excluding hydrogens is 160 g/mol. The van der Waals surface area contributed by atoms with Crippen molar-refractivity contribution >= 4 is 6.08 Å². The third-order valence-electron chi connectivity index (χ3n) is 1.97. The van der Waals surface area contributed by atoms with E-state index in [9.17, 15) is 0 Å². The number of hydrogen-bond donors (Lipinski definition) is 0. The summed E-state index contributed by atoms with van der Waals surface area (Å²) in [5, 5.41) is 0. The molecular formula is C12H10O. The van der Waals surface area contributed by atoms with Gasteiger partial charge in [-0.15, -0.1) is 6.42 Å². The van der Waals surface area contributed by atoms with Crippen molar-refractivity contribution in [3.63, 3.8) is 0 Å². The summed E-state index contributed by atoms with van der Waals surface area (Å²) in [6, 6.07) is 10.1. The van der Waals surface area contributed by atoms with Crippen LogP contribution < -0.4 is 0 Å². The largest absolute Gasteiger partial charge is 0.351 e. The Kier molecular flexibility index (Phi) is 2.16. The molecule has 1 aliphatic rings. The molecule has 1 aromatic rings. The summed E-state index contributed by atoms with van der Waals surface area (Å²) in [5.74, 6) is 2.55. The highest BCUT2D eigenvalue weighted by Gasteiger charge is 2.34. The van der Waals surface area contributed by atoms with Crippen LogP contribution in [0.1, 0.15) is 5.56 Å². The molecule has 0 N–H and O–H groups in total. The van der Waals surface area contributed by atoms with Crippen molar-refractivity contribution in [2.24, 2.45) is 0 Å². The molecule has 1 aromatic carbocycles. The molecule has 0 radical (unpaired) electrons. The standard InChI is InChI=1S/C12H10O/c1-2-11-12(13-11)9-8-10-6-4-3-5-7-10/h1,3-9,11-12H/b9-8+/t11-,12-/m0/s1. The van der Waals surface area contributed by atoms with Gasteiger partial charge in [-0.2, -0.15) is 0 Å². The predicted octanol–water partition coefficient (Wildman–Crippen LogP) is 2.10. The first-order valence-corrected chi connectivity index (χ1v) is 4.25. The SMILES string of the molecule is C#C[C@@H]1O[C@H]1/C=C/c1ccccc1. The van der Waals surface area contributed by atoms with Crippen molar-refractivity contribution < 1.29 is 4.74 Å². The smallest absolute Gasteiger partial charge is 0.148 e. The number of hydrogen-bond acceptors (Lipinski definition) is 1. The summed E-state index contributed by atoms with van der Waals surface area (Å²) in [6.45, 7) is 0. The fourth-order valence-electron chi connectivity index (χ4n) is 1.17. The van der Waals surface area contributed by atoms with Gasteiger partial charge in [-0.05, 0) is 5.56 Å². The van der Waals surface area contributed by atoms with Gasteiger partial charge in [-0.3, -0.25) is 0 Å². The Labute approximate surface area is 78.0 Å². The lowest BCUT2D eigenvalue weighted by molar-refractivity contribution is 0.418. The zero-order chi connectivity index (χ0) is 9.10. The summed E-state index contributed by atoms with van der Waals surface area (Å²) in [5.41, 5.74) is 1.17. The number of epoxide rings is 1. The Balaban J connectivity index is 1.97. The van der Waals surface area contributed by atoms with Crippen molar-refractivity contribution in [3.8, 4) is 12.3 Å². The van der Waals surface area contributed by atoms with E-state index in [0.29, 0.717) is 0 Å². The lowest BCUT2D eigenvalue weighted by Crippen LogP contribution is -1.83. The fraction of sp³-hybridized carbons (Fsp3) is 0.167. The second-order valence-corrected chi connectivity index (χ2v) is 2.96. The maximum absolute atomic E-state index is 5.18. The van der Waals surface area contributed by atoms with Gasteiger partial charge in [0.2, 0.25) is 0 Å². The third-order valence-corrected chi connectivity index (χ3v) is 1.97. The highest BCUT2D eigenvalue weighted by atomic mass is 16.6. The van der Waals surface area contributed by atoms with Crippen molar-refractivity contribution in [2.75, 3.05) is 0 Å². The zero-order valence-electron chi connectivity index (χ0n) is 7.18. The van der Waals surface area contributed by atoms with E-state index < -0.39 is 0 Å². The molecule has 1 heterocycles. The minimum Gasteiger partial charge on any atom is -0.351 e. The second kappa shape index (κ2) is 3.47. The van der Waals surface area contributed by atoms with E-state index in [-0.39, 0.29) is 12.2 Å². The first-order chi connectivity index (χ1) is 6.40. The van der Waals surface area contributed by atoms with Crippen LogP contribution in [0.2, 0.25) is 0 Å². The summed E-state index contributed by atoms with van der Waals surface area (Å²) in [6.07, 6.45) is 9.34. The van der Waals surface area contributed by atoms with Crippen LogP contribution in [0.3, 0.4) is 0 Å². The van der Waals surface area contributed by atoms with E-state index in [2.05, 4.69) is 5.92 Å². The molecule has 0 bridgehead atoms. The first kappa shape index (κ1) is 8.10. The topological polar surface area (TPSA) is 12.5 Å². The van der Waals surface area contributed by atoms with Gasteiger partial charge in [-0.1, -0.05) is 48.4 Å². The molecule has 0 spiro atoms. The Morgan fingerprint density at radius 1 is 1.31 bits per heavy atom. The Morgan fingerprint density at radius 2 is 2.08 bits per heavy atom. The van der Waals surface area contributed by atoms with E-state index in [4.69, 9.17) is 11.2 Å². The van der Waals surface area contributed by atoms with Crippen molar-refractivity contribution in [1.29, 1.82) is 0 Å². The summed E-state index contributed by atoms with van der Waals surface area (Å²) in [4.78, 5) is 0. The van der Waals surface area contributed by atoms with E-state index in [1.807, 2.05) is 42.5 Å². The van der Waals surface area contributed by atoms with Gasteiger partial charge < -0.3 is 4.74 Å². The molecule has 1 saturated heterocycles. The Morgan fingerprint density at radius 3 is 2.69 bits per heavy atom. The van der Waals surface area contributed by atoms with E-state index in [1.165, 1.54) is 5.56 Å². The maximum Gasteiger partial charge on any atom is 0.148 e. The van der Waals surface area contributed by atoms with Crippen LogP contribution in [-0.4, -0.2) is 12.2 Å². The first-order valence-electron chi connectivity index (χ1n) is 4.25. The number of benzene rings is 1. The summed E-state index contributed by atoms with van der Waals surface area (Å²) < 4.78 is 5.16. The average molecular weight is 170 g/mol. The third kappa shape index (κ3) is 1.99. The second-order valence-electron chi connectivity index (χ2n) is 2.96. The fourth-order valence-corrected chi connectivity index (χ4v) is 1.17. The van der Waals surface area contributed by atoms with Crippen LogP contribution in [-0.2, 0) is 4.74 Å². The molecule has 1 nitrogen and oxygen atoms in total. The molecule has 64 valence electrons. The maximum atomic E-state index is 5.18. The number of ether oxygens (including phenoxy) is 1. The summed E-state index contributed by atoms with van der Waals surface area (Å²) in [7, 11) is 0. The predicted molar refractivity (Wildman–Crippen MR) is 53.0 cm³/mol. The van der Waals surface area contributed by atoms with Gasteiger partial charge in [0.25, 0.3) is 0 Å². The van der Waals surface area contributed by atoms with Gasteiger partial charge in [0.05, 0.1) is 0 Å². The van der Waals surface area contributed by atoms with Crippen LogP contribution in [0.5, 0.6) is 0 Å². The van der Waals surface area contributed by atoms with Gasteiger partial charge in [0.1, 0.15) is 12.2 Å². The minimum absolute atomic E-state index is 0.0000350. The number of rotatable bonds is 2. The van der Waals surface area contributed by atoms with Gasteiger partial charge in [0, 0.05) is 0 Å². The van der Waals surface area contributed by atoms with Crippen molar-refractivity contribution in [1.82, 2.24) is 0 Å². The van der Waals surface area contributed by atoms with E-state index >= 15 is 0 Å². The zero-order valence-corrected chi connectivity index (χ0v) is 7.18. The van der Waals surface area contributed by atoms with Gasteiger partial charge in [0.15, 0.2) is 0 Å². The van der Waals surface area contributed by atoms with Crippen molar-refractivity contribution in [3.05, 3.63) is 42.0 Å². The molecule has 0 unspecified atom stereocenters. The van der Waals surface area contributed by atoms with E-state index in [1.54, 1.807) is 0 Å². The lowest BCUT2D eigenvalue weighted by atomic mass is 10.2. The number of terminal acetylenes is 1. The molecule has 1 heteroatoms. The normalized spacial score (nSPS) is 25.8. The Hall–Kier alpha value is -1.52. The molecule has 0 aromatic heterocycles. The lowest BCUT2D eigenvalue weighted by Gasteiger charge is -1.88. The van der Waals surface area contributed by atoms with Gasteiger partial charge in [-0.25, -0.2) is 0 Å². The molecule has 2 atom stereocenters. The van der Waals surface area contributed by atoms with Crippen LogP contribution in [0.4, 0.5) is 0 Å². The molecule has 1 aliphatic heterocycles. The van der Waals surface area contributed by atoms with Crippen LogP contribution in [0, 0.1) is 12.3 Å². The molecule has 0 aliphatic carbocycles. The summed E-state index contributed by atoms with van der Waals surface area (Å²) >= 11 is 0. The monoisotopic (exact) mass is 170 g/mol. The van der Waals surface area contributed by atoms with E-state index in [0.717, 1.165) is 0 Å². The minimum atomic E-state index is -0.0000350. The highest BCUT2D eigenvalue weighted by molar-refractivity contribution is 5.50. The van der Waals surface area contributed by atoms with Crippen LogP contribution >= 0.6 is 0 Å². The molecule has 13 heavy (non-hydrogen) atoms. The molecule has 1 fully saturated rings. The molecule has 0 amide bonds. The van der Waals surface area contributed by atoms with Crippen LogP contribution in [0.25, 0.3) is 6.08 Å². The van der Waals surface area contributed by atoms with Crippen LogP contribution in [0.15, 0.2) is 36.4 Å². The van der Waals surface area contributed by atoms with Crippen molar-refractivity contribution in [2.45, 2.75) is 12.2 Å². The average Bonchev–Trinajstić information content (AvgIpc) is 2.95. The quantitative estimate of drug-likeness (QED) is 0.489.